The summed E-state index contributed by atoms with van der Waals surface area (Å²) in [6.45, 7) is 5.77. The fourth-order valence-electron chi connectivity index (χ4n) is 5.15. The molecule has 0 saturated carbocycles. The first kappa shape index (κ1) is 39.1. The fourth-order valence-corrected chi connectivity index (χ4v) is 5.15. The number of benzene rings is 5. The highest BCUT2D eigenvalue weighted by molar-refractivity contribution is 5.93. The van der Waals surface area contributed by atoms with E-state index in [0.29, 0.717) is 47.1 Å². The van der Waals surface area contributed by atoms with Crippen LogP contribution < -0.4 is 18.9 Å². The third kappa shape index (κ3) is 12.8. The maximum atomic E-state index is 13.0. The lowest BCUT2D eigenvalue weighted by atomic mass is 10.2. The Labute approximate surface area is 316 Å². The lowest BCUT2D eigenvalue weighted by Gasteiger charge is -2.10. The Kier molecular flexibility index (Phi) is 15.5. The average molecular weight is 727 g/mol. The van der Waals surface area contributed by atoms with Gasteiger partial charge in [-0.15, -0.1) is 0 Å². The highest BCUT2D eigenvalue weighted by Gasteiger charge is 2.16. The van der Waals surface area contributed by atoms with Crippen LogP contribution >= 0.6 is 0 Å². The monoisotopic (exact) mass is 726 g/mol. The van der Waals surface area contributed by atoms with Crippen LogP contribution in [0.15, 0.2) is 142 Å². The molecule has 0 heterocycles. The molecule has 54 heavy (non-hydrogen) atoms. The van der Waals surface area contributed by atoms with Gasteiger partial charge in [0.05, 0.1) is 47.1 Å². The van der Waals surface area contributed by atoms with Crippen molar-refractivity contribution < 1.29 is 28.5 Å². The third-order valence-corrected chi connectivity index (χ3v) is 8.23. The third-order valence-electron chi connectivity index (χ3n) is 8.23. The number of carbonyl (C=O) groups excluding carboxylic acids is 2. The van der Waals surface area contributed by atoms with Crippen molar-refractivity contribution in [2.45, 2.75) is 65.2 Å². The van der Waals surface area contributed by atoms with Crippen LogP contribution in [0.4, 0.5) is 22.7 Å². The summed E-state index contributed by atoms with van der Waals surface area (Å²) in [6, 6.07) is 34.4. The van der Waals surface area contributed by atoms with Crippen molar-refractivity contribution in [2.75, 3.05) is 13.2 Å². The minimum absolute atomic E-state index is 0.103. The number of para-hydroxylation sites is 2. The van der Waals surface area contributed by atoms with Crippen molar-refractivity contribution in [1.29, 1.82) is 0 Å². The zero-order chi connectivity index (χ0) is 37.8. The van der Waals surface area contributed by atoms with Gasteiger partial charge in [-0.05, 0) is 122 Å². The molecule has 5 rings (SSSR count). The summed E-state index contributed by atoms with van der Waals surface area (Å²) in [6.07, 6.45) is 9.24. The molecule has 0 bridgehead atoms. The Morgan fingerprint density at radius 3 is 1.09 bits per heavy atom. The number of nitrogens with zero attached hydrogens (tertiary/aromatic N) is 4. The molecule has 0 aliphatic heterocycles. The molecule has 0 amide bonds. The number of hydrogen-bond donors (Lipinski definition) is 0. The number of rotatable bonds is 20. The van der Waals surface area contributed by atoms with E-state index in [4.69, 9.17) is 18.9 Å². The van der Waals surface area contributed by atoms with Crippen LogP contribution in [0.25, 0.3) is 0 Å². The number of ether oxygens (including phenoxy) is 4. The van der Waals surface area contributed by atoms with Gasteiger partial charge in [0.25, 0.3) is 0 Å². The van der Waals surface area contributed by atoms with E-state index in [0.717, 1.165) is 24.3 Å². The molecular formula is C44H46N4O6. The molecule has 0 saturated heterocycles. The molecule has 0 aliphatic carbocycles. The molecule has 0 N–H and O–H groups in total. The lowest BCUT2D eigenvalue weighted by Crippen LogP contribution is -2.12. The van der Waals surface area contributed by atoms with E-state index in [2.05, 4.69) is 34.3 Å². The average Bonchev–Trinajstić information content (AvgIpc) is 3.21. The molecule has 5 aromatic rings. The van der Waals surface area contributed by atoms with Crippen LogP contribution in [0.5, 0.6) is 23.0 Å². The van der Waals surface area contributed by atoms with Crippen LogP contribution in [0.1, 0.15) is 85.9 Å². The Bertz CT molecular complexity index is 1820. The predicted molar refractivity (Wildman–Crippen MR) is 210 cm³/mol. The summed E-state index contributed by atoms with van der Waals surface area (Å²) >= 11 is 0. The quantitative estimate of drug-likeness (QED) is 0.0341. The van der Waals surface area contributed by atoms with Gasteiger partial charge in [-0.1, -0.05) is 64.5 Å². The van der Waals surface area contributed by atoms with Gasteiger partial charge in [-0.2, -0.15) is 20.5 Å². The molecular weight excluding hydrogens is 681 g/mol. The van der Waals surface area contributed by atoms with Gasteiger partial charge in [0.15, 0.2) is 11.5 Å². The van der Waals surface area contributed by atoms with Crippen LogP contribution in [0.2, 0.25) is 0 Å². The van der Waals surface area contributed by atoms with Crippen molar-refractivity contribution >= 4 is 34.7 Å². The number of hydrogen-bond acceptors (Lipinski definition) is 10. The topological polar surface area (TPSA) is 121 Å². The predicted octanol–water partition coefficient (Wildman–Crippen LogP) is 12.9. The maximum absolute atomic E-state index is 13.0. The van der Waals surface area contributed by atoms with E-state index in [1.807, 2.05) is 48.5 Å². The Hall–Kier alpha value is -6.16. The van der Waals surface area contributed by atoms with E-state index >= 15 is 0 Å². The first-order valence-electron chi connectivity index (χ1n) is 18.5. The van der Waals surface area contributed by atoms with Crippen molar-refractivity contribution in [1.82, 2.24) is 0 Å². The largest absolute Gasteiger partial charge is 0.494 e. The smallest absolute Gasteiger partial charge is 0.343 e. The molecule has 0 radical (unpaired) electrons. The minimum Gasteiger partial charge on any atom is -0.494 e. The SMILES string of the molecule is CCCCCCOc1ccc(N=Nc2ccc(C(=O)Oc3ccccc3OC(=O)c3ccc(N=Nc4ccc(OCCCCCC)cc4)cc3)cc2)cc1. The lowest BCUT2D eigenvalue weighted by molar-refractivity contribution is 0.0682. The van der Waals surface area contributed by atoms with Crippen LogP contribution in [0, 0.1) is 0 Å². The zero-order valence-corrected chi connectivity index (χ0v) is 30.9. The second-order valence-corrected chi connectivity index (χ2v) is 12.5. The van der Waals surface area contributed by atoms with Gasteiger partial charge in [0.1, 0.15) is 11.5 Å². The molecule has 0 spiro atoms. The van der Waals surface area contributed by atoms with Crippen LogP contribution in [0.3, 0.4) is 0 Å². The molecule has 0 atom stereocenters. The summed E-state index contributed by atoms with van der Waals surface area (Å²) < 4.78 is 22.8. The first-order chi connectivity index (χ1) is 26.5. The van der Waals surface area contributed by atoms with E-state index in [9.17, 15) is 9.59 Å². The molecule has 10 nitrogen and oxygen atoms in total. The van der Waals surface area contributed by atoms with E-state index in [1.54, 1.807) is 72.8 Å². The summed E-state index contributed by atoms with van der Waals surface area (Å²) in [7, 11) is 0. The Morgan fingerprint density at radius 1 is 0.426 bits per heavy atom. The van der Waals surface area contributed by atoms with Gasteiger partial charge in [0, 0.05) is 0 Å². The van der Waals surface area contributed by atoms with Crippen molar-refractivity contribution in [3.05, 3.63) is 132 Å². The first-order valence-corrected chi connectivity index (χ1v) is 18.5. The Morgan fingerprint density at radius 2 is 0.759 bits per heavy atom. The maximum Gasteiger partial charge on any atom is 0.343 e. The summed E-state index contributed by atoms with van der Waals surface area (Å²) in [5.41, 5.74) is 3.08. The highest BCUT2D eigenvalue weighted by atomic mass is 16.6. The van der Waals surface area contributed by atoms with Crippen molar-refractivity contribution in [2.24, 2.45) is 20.5 Å². The Balaban J connectivity index is 1.10. The normalized spacial score (nSPS) is 11.1. The molecule has 0 fully saturated rings. The highest BCUT2D eigenvalue weighted by Crippen LogP contribution is 2.29. The number of azo groups is 2. The number of esters is 2. The molecule has 5 aromatic carbocycles. The summed E-state index contributed by atoms with van der Waals surface area (Å²) in [5, 5.41) is 17.1. The second-order valence-electron chi connectivity index (χ2n) is 12.5. The van der Waals surface area contributed by atoms with Crippen molar-refractivity contribution in [3.8, 4) is 23.0 Å². The molecule has 10 heteroatoms. The van der Waals surface area contributed by atoms with E-state index in [-0.39, 0.29) is 11.5 Å². The van der Waals surface area contributed by atoms with Gasteiger partial charge >= 0.3 is 11.9 Å². The van der Waals surface area contributed by atoms with Crippen LogP contribution in [-0.2, 0) is 0 Å². The number of carbonyl (C=O) groups is 2. The van der Waals surface area contributed by atoms with Gasteiger partial charge in [0.2, 0.25) is 0 Å². The minimum atomic E-state index is -0.619. The van der Waals surface area contributed by atoms with Crippen LogP contribution in [-0.4, -0.2) is 25.2 Å². The fraction of sp³-hybridized carbons (Fsp3) is 0.273. The van der Waals surface area contributed by atoms with Crippen molar-refractivity contribution in [3.63, 3.8) is 0 Å². The number of unbranched alkanes of at least 4 members (excludes halogenated alkanes) is 6. The van der Waals surface area contributed by atoms with E-state index < -0.39 is 11.9 Å². The second kappa shape index (κ2) is 21.4. The molecule has 0 aliphatic rings. The van der Waals surface area contributed by atoms with Gasteiger partial charge in [-0.3, -0.25) is 0 Å². The standard InChI is InChI=1S/C44H46N4O6/c1-3-5-7-11-31-51-39-27-23-37(24-28-39)47-45-35-19-15-33(16-20-35)43(49)53-41-13-9-10-14-42(41)54-44(50)34-17-21-36(22-18-34)46-48-38-25-29-40(30-26-38)52-32-12-8-6-4-2/h9-10,13-30H,3-8,11-12,31-32H2,1-2H3. The van der Waals surface area contributed by atoms with Gasteiger partial charge in [-0.25, -0.2) is 9.59 Å². The van der Waals surface area contributed by atoms with E-state index in [1.165, 1.54) is 38.5 Å². The summed E-state index contributed by atoms with van der Waals surface area (Å²) in [4.78, 5) is 26.0. The van der Waals surface area contributed by atoms with Gasteiger partial charge < -0.3 is 18.9 Å². The molecule has 0 unspecified atom stereocenters. The zero-order valence-electron chi connectivity index (χ0n) is 30.9. The molecule has 0 aromatic heterocycles. The summed E-state index contributed by atoms with van der Waals surface area (Å²) in [5.74, 6) is 0.570. The molecule has 278 valence electrons.